The van der Waals surface area contributed by atoms with Crippen molar-refractivity contribution in [2.45, 2.75) is 0 Å². The zero-order chi connectivity index (χ0) is 14.1. The van der Waals surface area contributed by atoms with Crippen molar-refractivity contribution in [2.75, 3.05) is 5.73 Å². The number of hydrogen-bond donors (Lipinski definition) is 1. The summed E-state index contributed by atoms with van der Waals surface area (Å²) in [6.45, 7) is 0. The maximum Gasteiger partial charge on any atom is 0.230 e. The van der Waals surface area contributed by atoms with E-state index in [0.717, 1.165) is 5.39 Å². The van der Waals surface area contributed by atoms with E-state index in [1.807, 2.05) is 0 Å². The molecule has 0 saturated carbocycles. The summed E-state index contributed by atoms with van der Waals surface area (Å²) in [4.78, 5) is 8.28. The number of rotatable bonds is 2. The fourth-order valence-electron chi connectivity index (χ4n) is 1.80. The van der Waals surface area contributed by atoms with Crippen LogP contribution in [-0.2, 0) is 0 Å². The Balaban J connectivity index is 2.09. The van der Waals surface area contributed by atoms with E-state index in [1.165, 1.54) is 6.33 Å². The minimum Gasteiger partial charge on any atom is -0.437 e. The van der Waals surface area contributed by atoms with Crippen molar-refractivity contribution >= 4 is 39.8 Å². The SMILES string of the molecule is Nc1ccc2c(Oc3cccc(Cl)c3Cl)ncnc2c1. The van der Waals surface area contributed by atoms with Gasteiger partial charge in [-0.05, 0) is 30.3 Å². The molecule has 3 aromatic rings. The number of nitrogen functional groups attached to an aromatic ring is 1. The summed E-state index contributed by atoms with van der Waals surface area (Å²) in [5, 5.41) is 1.51. The highest BCUT2D eigenvalue weighted by Gasteiger charge is 2.10. The topological polar surface area (TPSA) is 61.0 Å². The van der Waals surface area contributed by atoms with Gasteiger partial charge < -0.3 is 10.5 Å². The highest BCUT2D eigenvalue weighted by Crippen LogP contribution is 2.35. The first-order valence-electron chi connectivity index (χ1n) is 5.77. The maximum atomic E-state index is 6.10. The van der Waals surface area contributed by atoms with Crippen LogP contribution >= 0.6 is 23.2 Å². The number of nitrogens with two attached hydrogens (primary N) is 1. The summed E-state index contributed by atoms with van der Waals surface area (Å²) >= 11 is 12.1. The molecule has 100 valence electrons. The number of hydrogen-bond acceptors (Lipinski definition) is 4. The Labute approximate surface area is 125 Å². The summed E-state index contributed by atoms with van der Waals surface area (Å²) in [5.74, 6) is 0.843. The quantitative estimate of drug-likeness (QED) is 0.717. The maximum absolute atomic E-state index is 6.10. The lowest BCUT2D eigenvalue weighted by Gasteiger charge is -2.09. The zero-order valence-electron chi connectivity index (χ0n) is 10.2. The monoisotopic (exact) mass is 305 g/mol. The van der Waals surface area contributed by atoms with Gasteiger partial charge in [-0.1, -0.05) is 29.3 Å². The van der Waals surface area contributed by atoms with Crippen LogP contribution in [0.2, 0.25) is 10.0 Å². The number of fused-ring (bicyclic) bond motifs is 1. The minimum absolute atomic E-state index is 0.344. The average Bonchev–Trinajstić information content (AvgIpc) is 2.44. The van der Waals surface area contributed by atoms with Crippen LogP contribution in [0.15, 0.2) is 42.7 Å². The van der Waals surface area contributed by atoms with Crippen LogP contribution in [-0.4, -0.2) is 9.97 Å². The van der Waals surface area contributed by atoms with E-state index in [1.54, 1.807) is 36.4 Å². The lowest BCUT2D eigenvalue weighted by atomic mass is 10.2. The van der Waals surface area contributed by atoms with Crippen LogP contribution in [0, 0.1) is 0 Å². The number of aromatic nitrogens is 2. The first-order valence-corrected chi connectivity index (χ1v) is 6.53. The van der Waals surface area contributed by atoms with Gasteiger partial charge in [-0.2, -0.15) is 0 Å². The molecule has 2 N–H and O–H groups in total. The molecule has 0 aliphatic rings. The molecule has 0 aliphatic carbocycles. The Bertz CT molecular complexity index is 792. The molecule has 0 radical (unpaired) electrons. The van der Waals surface area contributed by atoms with E-state index in [-0.39, 0.29) is 0 Å². The van der Waals surface area contributed by atoms with Gasteiger partial charge in [0.1, 0.15) is 17.1 Å². The molecule has 0 bridgehead atoms. The van der Waals surface area contributed by atoms with Gasteiger partial charge in [0.2, 0.25) is 5.88 Å². The zero-order valence-corrected chi connectivity index (χ0v) is 11.7. The van der Waals surface area contributed by atoms with E-state index in [0.29, 0.717) is 32.9 Å². The molecule has 1 heterocycles. The van der Waals surface area contributed by atoms with Gasteiger partial charge in [-0.25, -0.2) is 9.97 Å². The van der Waals surface area contributed by atoms with E-state index in [4.69, 9.17) is 33.7 Å². The first kappa shape index (κ1) is 13.0. The number of anilines is 1. The second-order valence-electron chi connectivity index (χ2n) is 4.11. The van der Waals surface area contributed by atoms with Gasteiger partial charge in [0.25, 0.3) is 0 Å². The van der Waals surface area contributed by atoms with Gasteiger partial charge >= 0.3 is 0 Å². The van der Waals surface area contributed by atoms with E-state index in [2.05, 4.69) is 9.97 Å². The van der Waals surface area contributed by atoms with Crippen molar-refractivity contribution in [3.8, 4) is 11.6 Å². The van der Waals surface area contributed by atoms with E-state index in [9.17, 15) is 0 Å². The Morgan fingerprint density at radius 2 is 1.90 bits per heavy atom. The number of halogens is 2. The summed E-state index contributed by atoms with van der Waals surface area (Å²) in [6, 6.07) is 10.5. The molecule has 0 amide bonds. The van der Waals surface area contributed by atoms with E-state index < -0.39 is 0 Å². The van der Waals surface area contributed by atoms with Crippen molar-refractivity contribution < 1.29 is 4.74 Å². The van der Waals surface area contributed by atoms with Gasteiger partial charge in [0.15, 0.2) is 0 Å². The lowest BCUT2D eigenvalue weighted by molar-refractivity contribution is 0.468. The molecule has 0 spiro atoms. The Morgan fingerprint density at radius 3 is 2.75 bits per heavy atom. The standard InChI is InChI=1S/C14H9Cl2N3O/c15-10-2-1-3-12(13(10)16)20-14-9-5-4-8(17)6-11(9)18-7-19-14/h1-7H,17H2. The molecule has 1 aromatic heterocycles. The summed E-state index contributed by atoms with van der Waals surface area (Å²) in [6.07, 6.45) is 1.41. The van der Waals surface area contributed by atoms with Crippen molar-refractivity contribution in [1.82, 2.24) is 9.97 Å². The number of nitrogens with zero attached hydrogens (tertiary/aromatic N) is 2. The van der Waals surface area contributed by atoms with Crippen molar-refractivity contribution in [3.05, 3.63) is 52.8 Å². The third-order valence-electron chi connectivity index (χ3n) is 2.75. The highest BCUT2D eigenvalue weighted by molar-refractivity contribution is 6.42. The summed E-state index contributed by atoms with van der Waals surface area (Å²) in [7, 11) is 0. The van der Waals surface area contributed by atoms with Gasteiger partial charge in [0.05, 0.1) is 15.9 Å². The van der Waals surface area contributed by atoms with Crippen LogP contribution in [0.3, 0.4) is 0 Å². The van der Waals surface area contributed by atoms with Crippen molar-refractivity contribution in [3.63, 3.8) is 0 Å². The fraction of sp³-hybridized carbons (Fsp3) is 0. The molecule has 0 unspecified atom stereocenters. The van der Waals surface area contributed by atoms with Gasteiger partial charge in [-0.3, -0.25) is 0 Å². The Morgan fingerprint density at radius 1 is 1.05 bits per heavy atom. The van der Waals surface area contributed by atoms with Gasteiger partial charge in [0, 0.05) is 5.69 Å². The molecule has 2 aromatic carbocycles. The average molecular weight is 306 g/mol. The molecule has 6 heteroatoms. The number of ether oxygens (including phenoxy) is 1. The first-order chi connectivity index (χ1) is 9.65. The molecule has 4 nitrogen and oxygen atoms in total. The second-order valence-corrected chi connectivity index (χ2v) is 4.89. The van der Waals surface area contributed by atoms with Crippen LogP contribution in [0.5, 0.6) is 11.6 Å². The summed E-state index contributed by atoms with van der Waals surface area (Å²) < 4.78 is 5.73. The highest BCUT2D eigenvalue weighted by atomic mass is 35.5. The molecule has 0 fully saturated rings. The fourth-order valence-corrected chi connectivity index (χ4v) is 2.13. The smallest absolute Gasteiger partial charge is 0.230 e. The van der Waals surface area contributed by atoms with Crippen LogP contribution in [0.25, 0.3) is 10.9 Å². The summed E-state index contributed by atoms with van der Waals surface area (Å²) in [5.41, 5.74) is 7.06. The Kier molecular flexibility index (Phi) is 3.34. The predicted octanol–water partition coefficient (Wildman–Crippen LogP) is 4.31. The van der Waals surface area contributed by atoms with E-state index >= 15 is 0 Å². The number of benzene rings is 2. The Hall–Kier alpha value is -2.04. The molecule has 0 aliphatic heterocycles. The van der Waals surface area contributed by atoms with Crippen molar-refractivity contribution in [2.24, 2.45) is 0 Å². The third kappa shape index (κ3) is 2.35. The minimum atomic E-state index is 0.344. The molecule has 20 heavy (non-hydrogen) atoms. The lowest BCUT2D eigenvalue weighted by Crippen LogP contribution is -1.93. The largest absolute Gasteiger partial charge is 0.437 e. The normalized spacial score (nSPS) is 10.7. The van der Waals surface area contributed by atoms with Crippen molar-refractivity contribution in [1.29, 1.82) is 0 Å². The van der Waals surface area contributed by atoms with Crippen LogP contribution in [0.4, 0.5) is 5.69 Å². The van der Waals surface area contributed by atoms with Crippen LogP contribution in [0.1, 0.15) is 0 Å². The molecular formula is C14H9Cl2N3O. The second kappa shape index (κ2) is 5.15. The molecule has 0 atom stereocenters. The molecule has 3 rings (SSSR count). The third-order valence-corrected chi connectivity index (χ3v) is 3.55. The predicted molar refractivity (Wildman–Crippen MR) is 80.5 cm³/mol. The van der Waals surface area contributed by atoms with Crippen LogP contribution < -0.4 is 10.5 Å². The molecular weight excluding hydrogens is 297 g/mol. The molecule has 0 saturated heterocycles. The van der Waals surface area contributed by atoms with Gasteiger partial charge in [-0.15, -0.1) is 0 Å².